The highest BCUT2D eigenvalue weighted by Gasteiger charge is 2.46. The van der Waals surface area contributed by atoms with Crippen LogP contribution in [0.2, 0.25) is 0 Å². The first-order chi connectivity index (χ1) is 42.2. The minimum atomic E-state index is -1.04. The number of aliphatic hydroxyl groups excluding tert-OH is 2. The van der Waals surface area contributed by atoms with Crippen molar-refractivity contribution >= 4 is 61.2 Å². The molecule has 14 rings (SSSR count). The maximum Gasteiger partial charge on any atom is 0.319 e. The fourth-order valence-corrected chi connectivity index (χ4v) is 14.1. The van der Waals surface area contributed by atoms with Gasteiger partial charge in [0.25, 0.3) is 5.56 Å². The van der Waals surface area contributed by atoms with Crippen LogP contribution >= 0.6 is 0 Å². The molecule has 6 atom stereocenters. The van der Waals surface area contributed by atoms with Crippen molar-refractivity contribution < 1.29 is 38.4 Å². The Labute approximate surface area is 500 Å². The number of halogens is 1. The molecule has 5 aliphatic rings. The van der Waals surface area contributed by atoms with Gasteiger partial charge in [0, 0.05) is 108 Å². The van der Waals surface area contributed by atoms with Crippen molar-refractivity contribution in [2.75, 3.05) is 50.9 Å². The summed E-state index contributed by atoms with van der Waals surface area (Å²) >= 11 is 0. The number of benzene rings is 4. The van der Waals surface area contributed by atoms with Crippen LogP contribution in [0.3, 0.4) is 0 Å². The maximum atomic E-state index is 16.3. The Morgan fingerprint density at radius 2 is 1.70 bits per heavy atom. The Hall–Kier alpha value is -8.31. The van der Waals surface area contributed by atoms with Crippen LogP contribution in [-0.4, -0.2) is 153 Å². The number of nitrogens with one attached hydrogen (secondary N) is 3. The van der Waals surface area contributed by atoms with E-state index in [0.717, 1.165) is 83.4 Å². The van der Waals surface area contributed by atoms with Gasteiger partial charge in [0.15, 0.2) is 11.3 Å². The molecule has 87 heavy (non-hydrogen) atoms. The van der Waals surface area contributed by atoms with E-state index in [2.05, 4.69) is 48.4 Å². The number of likely N-dealkylation sites (N-methyl/N-ethyl adjacent to an activating group) is 1. The average molecular weight is 1180 g/mol. The lowest BCUT2D eigenvalue weighted by Gasteiger charge is -2.35. The number of amides is 2. The van der Waals surface area contributed by atoms with E-state index in [-0.39, 0.29) is 60.9 Å². The lowest BCUT2D eigenvalue weighted by atomic mass is 9.88. The molecule has 5 N–H and O–H groups in total. The number of carbonyl (C=O) groups excluding carboxylic acids is 2. The molecule has 21 nitrogen and oxygen atoms in total. The molecule has 1 aliphatic carbocycles. The summed E-state index contributed by atoms with van der Waals surface area (Å²) in [4.78, 5) is 63.2. The molecule has 6 unspecified atom stereocenters. The number of aryl methyl sites for hydroxylation is 1. The number of ether oxygens (including phenoxy) is 3. The molecule has 22 heteroatoms. The Morgan fingerprint density at radius 1 is 0.885 bits per heavy atom. The first-order valence-electron chi connectivity index (χ1n) is 30.7. The van der Waals surface area contributed by atoms with Crippen LogP contribution in [0, 0.1) is 18.7 Å². The molecule has 9 aromatic rings. The fourth-order valence-electron chi connectivity index (χ4n) is 14.1. The molecular weight excluding hydrogens is 1110 g/mol. The number of aliphatic hydroxyl groups is 2. The minimum absolute atomic E-state index is 0.00155. The van der Waals surface area contributed by atoms with Gasteiger partial charge in [0.2, 0.25) is 11.8 Å². The number of anilines is 1. The third-order valence-corrected chi connectivity index (χ3v) is 18.7. The number of aromatic amines is 2. The molecule has 4 saturated heterocycles. The van der Waals surface area contributed by atoms with Gasteiger partial charge in [-0.05, 0) is 104 Å². The third kappa shape index (κ3) is 10.2. The minimum Gasteiger partial charge on any atom is -0.486 e. The first kappa shape index (κ1) is 56.5. The zero-order chi connectivity index (χ0) is 59.9. The molecular formula is C65H72FN13O8. The number of β-amino-alcohol motifs (C(OH)–C–C–N with tert-alkyl or cyclic N) is 1. The maximum absolute atomic E-state index is 16.3. The number of nitrogens with zero attached hydrogens (tertiary/aromatic N) is 10. The second-order valence-electron chi connectivity index (χ2n) is 24.5. The Balaban J connectivity index is 0.796. The number of H-pyrrole nitrogens is 2. The lowest BCUT2D eigenvalue weighted by Crippen LogP contribution is -2.50. The summed E-state index contributed by atoms with van der Waals surface area (Å²) < 4.78 is 39.3. The topological polar surface area (TPSA) is 247 Å². The van der Waals surface area contributed by atoms with Crippen molar-refractivity contribution in [3.05, 3.63) is 118 Å². The monoisotopic (exact) mass is 1180 g/mol. The predicted molar refractivity (Wildman–Crippen MR) is 326 cm³/mol. The molecule has 5 fully saturated rings. The molecule has 2 bridgehead atoms. The number of rotatable bonds is 18. The Morgan fingerprint density at radius 3 is 2.44 bits per heavy atom. The summed E-state index contributed by atoms with van der Waals surface area (Å²) in [7, 11) is 0. The number of pyridine rings is 1. The third-order valence-electron chi connectivity index (χ3n) is 18.7. The number of piperazine rings is 1. The smallest absolute Gasteiger partial charge is 0.319 e. The normalized spacial score (nSPS) is 20.7. The summed E-state index contributed by atoms with van der Waals surface area (Å²) in [6.07, 6.45) is 8.39. The van der Waals surface area contributed by atoms with Gasteiger partial charge in [-0.25, -0.2) is 4.39 Å². The van der Waals surface area contributed by atoms with Gasteiger partial charge in [-0.3, -0.25) is 33.7 Å². The molecule has 0 radical (unpaired) electrons. The van der Waals surface area contributed by atoms with Crippen LogP contribution in [0.4, 0.5) is 10.2 Å². The summed E-state index contributed by atoms with van der Waals surface area (Å²) in [5, 5.41) is 43.8. The van der Waals surface area contributed by atoms with Crippen molar-refractivity contribution in [2.45, 2.75) is 135 Å². The van der Waals surface area contributed by atoms with Crippen molar-refractivity contribution in [1.82, 2.24) is 59.8 Å². The van der Waals surface area contributed by atoms with Crippen molar-refractivity contribution in [3.8, 4) is 34.1 Å². The standard InChI is InChI=1S/C65H72FN13O8/c1-6-75-28-41-23-40(75)29-76(41)61-46-25-45(37-9-10-37)56(55-35(5)49(66)26-51-47(55)27-67-73-51)60(57(46)71-65(72-61)87-43-17-20-85-21-18-43)86-33-36-8-15-44-48-31-79(74-58(48)63(83)69-50(44)22-36)59(34(3)4)64(84)77-30-42(81)24-54(77)62(82)70-52(32-80)38-11-13-39(14-12-38)53-16-19-68-78(53)7-2/h8,11-16,19,22,25-27,31,34,37,40-43,52,54,59,80-81H,6-7,9-10,17-18,20-21,23-24,28-30,32-33H2,1-5H3,(H,67,73)(H,69,83)(H,70,82). The highest BCUT2D eigenvalue weighted by atomic mass is 19.1. The summed E-state index contributed by atoms with van der Waals surface area (Å²) in [6.45, 7) is 13.9. The van der Waals surface area contributed by atoms with Crippen LogP contribution in [0.1, 0.15) is 106 Å². The molecule has 452 valence electrons. The first-order valence-corrected chi connectivity index (χ1v) is 30.7. The molecule has 4 aromatic carbocycles. The fraction of sp³-hybridized carbons (Fsp3) is 0.446. The van der Waals surface area contributed by atoms with Gasteiger partial charge >= 0.3 is 6.01 Å². The Bertz CT molecular complexity index is 4190. The highest BCUT2D eigenvalue weighted by Crippen LogP contribution is 2.54. The van der Waals surface area contributed by atoms with Gasteiger partial charge < -0.3 is 44.5 Å². The number of likely N-dealkylation sites (tertiary alicyclic amines) is 2. The summed E-state index contributed by atoms with van der Waals surface area (Å²) in [5.41, 5.74) is 7.46. The number of hydrogen-bond acceptors (Lipinski definition) is 15. The van der Waals surface area contributed by atoms with E-state index in [1.54, 1.807) is 25.5 Å². The number of hydrogen-bond donors (Lipinski definition) is 5. The zero-order valence-electron chi connectivity index (χ0n) is 49.5. The largest absolute Gasteiger partial charge is 0.486 e. The number of aromatic nitrogens is 9. The molecule has 2 amide bonds. The van der Waals surface area contributed by atoms with Crippen LogP contribution < -0.4 is 25.2 Å². The molecule has 9 heterocycles. The van der Waals surface area contributed by atoms with Gasteiger partial charge in [-0.15, -0.1) is 0 Å². The number of carbonyl (C=O) groups is 2. The van der Waals surface area contributed by atoms with E-state index in [1.807, 2.05) is 74.0 Å². The van der Waals surface area contributed by atoms with E-state index in [1.165, 1.54) is 15.6 Å². The van der Waals surface area contributed by atoms with Crippen LogP contribution in [0.5, 0.6) is 11.8 Å². The van der Waals surface area contributed by atoms with Crippen LogP contribution in [0.25, 0.3) is 66.0 Å². The second-order valence-corrected chi connectivity index (χ2v) is 24.5. The predicted octanol–water partition coefficient (Wildman–Crippen LogP) is 8.00. The molecule has 5 aromatic heterocycles. The number of fused-ring (bicyclic) bond motifs is 7. The van der Waals surface area contributed by atoms with E-state index in [0.29, 0.717) is 88.4 Å². The summed E-state index contributed by atoms with van der Waals surface area (Å²) in [6, 6.07) is 17.0. The Kier molecular flexibility index (Phi) is 14.8. The SMILES string of the molecule is CCN1CC2CC1CN2c1nc(OC2CCOCC2)nc2c(OCc3ccc4c(c3)[nH]c(=O)c3nn(C(C(=O)N5CC(O)CC5C(=O)NC(CO)c5ccc(-c6ccnn6CC)cc5)C(C)C)cc34)c(-c3c(C)c(F)cc4[nH]ncc34)c(C3CC3)cc12. The highest BCUT2D eigenvalue weighted by molar-refractivity contribution is 6.07. The van der Waals surface area contributed by atoms with E-state index < -0.39 is 48.2 Å². The second kappa shape index (κ2) is 22.8. The summed E-state index contributed by atoms with van der Waals surface area (Å²) in [5.74, 6) is -0.245. The molecule has 0 spiro atoms. The average Bonchev–Trinajstić information content (AvgIpc) is 1.78. The van der Waals surface area contributed by atoms with Crippen molar-refractivity contribution in [1.29, 1.82) is 0 Å². The van der Waals surface area contributed by atoms with Gasteiger partial charge in [0.05, 0.1) is 49.4 Å². The van der Waals surface area contributed by atoms with Crippen LogP contribution in [0.15, 0.2) is 84.0 Å². The van der Waals surface area contributed by atoms with Gasteiger partial charge in [0.1, 0.15) is 41.9 Å². The van der Waals surface area contributed by atoms with Crippen molar-refractivity contribution in [3.63, 3.8) is 0 Å². The van der Waals surface area contributed by atoms with Crippen molar-refractivity contribution in [2.24, 2.45) is 5.92 Å². The van der Waals surface area contributed by atoms with E-state index in [4.69, 9.17) is 29.3 Å². The molecule has 4 aliphatic heterocycles. The zero-order valence-corrected chi connectivity index (χ0v) is 49.5. The van der Waals surface area contributed by atoms with E-state index in [9.17, 15) is 24.6 Å². The van der Waals surface area contributed by atoms with Crippen LogP contribution in [-0.2, 0) is 27.5 Å². The quantitative estimate of drug-likeness (QED) is 0.0546. The van der Waals surface area contributed by atoms with Gasteiger partial charge in [-0.1, -0.05) is 57.2 Å². The van der Waals surface area contributed by atoms with Gasteiger partial charge in [-0.2, -0.15) is 25.3 Å². The molecule has 1 saturated carbocycles. The van der Waals surface area contributed by atoms with E-state index >= 15 is 4.39 Å². The lowest BCUT2D eigenvalue weighted by molar-refractivity contribution is -0.142.